The highest BCUT2D eigenvalue weighted by Gasteiger charge is 2.03. The van der Waals surface area contributed by atoms with E-state index in [9.17, 15) is 9.18 Å². The molecule has 2 aromatic rings. The average molecular weight is 247 g/mol. The lowest BCUT2D eigenvalue weighted by Gasteiger charge is -1.94. The van der Waals surface area contributed by atoms with Gasteiger partial charge in [-0.15, -0.1) is 11.3 Å². The standard InChI is InChI=1S/C13H10FNOS/c1-9(7-16)6-12-8-17-13(15-12)10-2-4-11(14)5-3-10/h2-8H,1H3. The molecule has 1 aromatic heterocycles. The summed E-state index contributed by atoms with van der Waals surface area (Å²) in [6.07, 6.45) is 2.51. The minimum absolute atomic E-state index is 0.262. The molecular weight excluding hydrogens is 237 g/mol. The van der Waals surface area contributed by atoms with E-state index in [1.807, 2.05) is 5.38 Å². The highest BCUT2D eigenvalue weighted by molar-refractivity contribution is 7.13. The van der Waals surface area contributed by atoms with Crippen LogP contribution in [0.2, 0.25) is 0 Å². The molecule has 0 atom stereocenters. The number of thiazole rings is 1. The number of nitrogens with zero attached hydrogens (tertiary/aromatic N) is 1. The van der Waals surface area contributed by atoms with Crippen LogP contribution in [0.3, 0.4) is 0 Å². The zero-order valence-corrected chi connectivity index (χ0v) is 10.00. The van der Waals surface area contributed by atoms with Gasteiger partial charge in [0, 0.05) is 10.9 Å². The van der Waals surface area contributed by atoms with Gasteiger partial charge in [-0.05, 0) is 42.8 Å². The molecule has 2 nitrogen and oxygen atoms in total. The molecule has 0 unspecified atom stereocenters. The molecule has 0 N–H and O–H groups in total. The van der Waals surface area contributed by atoms with Gasteiger partial charge in [-0.1, -0.05) is 0 Å². The first-order valence-electron chi connectivity index (χ1n) is 5.04. The second kappa shape index (κ2) is 5.01. The summed E-state index contributed by atoms with van der Waals surface area (Å²) in [6.45, 7) is 1.73. The van der Waals surface area contributed by atoms with E-state index in [0.717, 1.165) is 22.6 Å². The Morgan fingerprint density at radius 3 is 2.71 bits per heavy atom. The predicted octanol–water partition coefficient (Wildman–Crippen LogP) is 3.55. The van der Waals surface area contributed by atoms with Crippen molar-refractivity contribution >= 4 is 23.7 Å². The number of allylic oxidation sites excluding steroid dienone is 1. The molecule has 0 spiro atoms. The molecule has 0 aliphatic heterocycles. The van der Waals surface area contributed by atoms with Crippen LogP contribution in [-0.2, 0) is 4.79 Å². The molecule has 1 aromatic carbocycles. The third-order valence-corrected chi connectivity index (χ3v) is 3.08. The summed E-state index contributed by atoms with van der Waals surface area (Å²) in [5.41, 5.74) is 2.25. The molecule has 86 valence electrons. The molecule has 2 rings (SSSR count). The normalized spacial score (nSPS) is 11.5. The van der Waals surface area contributed by atoms with Crippen molar-refractivity contribution in [1.29, 1.82) is 0 Å². The molecule has 0 fully saturated rings. The van der Waals surface area contributed by atoms with Crippen LogP contribution in [0.15, 0.2) is 35.2 Å². The van der Waals surface area contributed by atoms with Crippen molar-refractivity contribution in [3.63, 3.8) is 0 Å². The van der Waals surface area contributed by atoms with Gasteiger partial charge in [0.15, 0.2) is 0 Å². The fraction of sp³-hybridized carbons (Fsp3) is 0.0769. The number of benzene rings is 1. The van der Waals surface area contributed by atoms with Gasteiger partial charge in [0.2, 0.25) is 0 Å². The Morgan fingerprint density at radius 1 is 1.35 bits per heavy atom. The first-order valence-corrected chi connectivity index (χ1v) is 5.92. The van der Waals surface area contributed by atoms with Crippen molar-refractivity contribution < 1.29 is 9.18 Å². The number of aromatic nitrogens is 1. The zero-order valence-electron chi connectivity index (χ0n) is 9.18. The van der Waals surface area contributed by atoms with Crippen LogP contribution in [0.5, 0.6) is 0 Å². The van der Waals surface area contributed by atoms with Crippen LogP contribution >= 0.6 is 11.3 Å². The van der Waals surface area contributed by atoms with Gasteiger partial charge in [0.1, 0.15) is 17.1 Å². The third-order valence-electron chi connectivity index (χ3n) is 2.17. The smallest absolute Gasteiger partial charge is 0.145 e. The second-order valence-electron chi connectivity index (χ2n) is 3.59. The molecule has 0 bridgehead atoms. The van der Waals surface area contributed by atoms with Crippen molar-refractivity contribution in [3.05, 3.63) is 46.7 Å². The first kappa shape index (κ1) is 11.7. The van der Waals surface area contributed by atoms with E-state index in [1.165, 1.54) is 23.5 Å². The lowest BCUT2D eigenvalue weighted by molar-refractivity contribution is -0.104. The van der Waals surface area contributed by atoms with Crippen molar-refractivity contribution in [2.45, 2.75) is 6.92 Å². The van der Waals surface area contributed by atoms with E-state index < -0.39 is 0 Å². The lowest BCUT2D eigenvalue weighted by Crippen LogP contribution is -1.80. The summed E-state index contributed by atoms with van der Waals surface area (Å²) in [4.78, 5) is 14.8. The van der Waals surface area contributed by atoms with E-state index in [-0.39, 0.29) is 5.82 Å². The summed E-state index contributed by atoms with van der Waals surface area (Å²) in [6, 6.07) is 6.19. The van der Waals surface area contributed by atoms with Crippen LogP contribution in [0.25, 0.3) is 16.6 Å². The number of carbonyl (C=O) groups is 1. The van der Waals surface area contributed by atoms with Crippen LogP contribution in [0, 0.1) is 5.82 Å². The largest absolute Gasteiger partial charge is 0.298 e. The maximum atomic E-state index is 12.8. The lowest BCUT2D eigenvalue weighted by atomic mass is 10.2. The average Bonchev–Trinajstić information content (AvgIpc) is 2.78. The van der Waals surface area contributed by atoms with E-state index in [4.69, 9.17) is 0 Å². The Kier molecular flexibility index (Phi) is 3.44. The van der Waals surface area contributed by atoms with E-state index in [2.05, 4.69) is 4.98 Å². The molecule has 17 heavy (non-hydrogen) atoms. The van der Waals surface area contributed by atoms with Gasteiger partial charge in [-0.2, -0.15) is 0 Å². The fourth-order valence-electron chi connectivity index (χ4n) is 1.34. The van der Waals surface area contributed by atoms with Gasteiger partial charge in [-0.25, -0.2) is 9.37 Å². The summed E-state index contributed by atoms with van der Waals surface area (Å²) < 4.78 is 12.8. The summed E-state index contributed by atoms with van der Waals surface area (Å²) in [7, 11) is 0. The monoisotopic (exact) mass is 247 g/mol. The minimum Gasteiger partial charge on any atom is -0.298 e. The maximum absolute atomic E-state index is 12.8. The molecule has 0 saturated carbocycles. The molecule has 0 saturated heterocycles. The van der Waals surface area contributed by atoms with Gasteiger partial charge in [0.25, 0.3) is 0 Å². The molecule has 0 radical (unpaired) electrons. The fourth-order valence-corrected chi connectivity index (χ4v) is 2.13. The predicted molar refractivity (Wildman–Crippen MR) is 67.2 cm³/mol. The number of carbonyl (C=O) groups excluding carboxylic acids is 1. The van der Waals surface area contributed by atoms with Gasteiger partial charge < -0.3 is 0 Å². The van der Waals surface area contributed by atoms with Gasteiger partial charge in [-0.3, -0.25) is 4.79 Å². The Morgan fingerprint density at radius 2 is 2.06 bits per heavy atom. The molecular formula is C13H10FNOS. The summed E-state index contributed by atoms with van der Waals surface area (Å²) >= 11 is 1.47. The number of halogens is 1. The number of hydrogen-bond acceptors (Lipinski definition) is 3. The molecule has 0 aliphatic carbocycles. The quantitative estimate of drug-likeness (QED) is 0.613. The Labute approximate surface area is 102 Å². The highest BCUT2D eigenvalue weighted by Crippen LogP contribution is 2.24. The maximum Gasteiger partial charge on any atom is 0.145 e. The number of hydrogen-bond donors (Lipinski definition) is 0. The van der Waals surface area contributed by atoms with Crippen LogP contribution in [0.1, 0.15) is 12.6 Å². The van der Waals surface area contributed by atoms with E-state index in [0.29, 0.717) is 5.57 Å². The van der Waals surface area contributed by atoms with E-state index in [1.54, 1.807) is 25.1 Å². The highest BCUT2D eigenvalue weighted by atomic mass is 32.1. The van der Waals surface area contributed by atoms with Crippen LogP contribution in [0.4, 0.5) is 4.39 Å². The van der Waals surface area contributed by atoms with Crippen molar-refractivity contribution in [1.82, 2.24) is 4.98 Å². The SMILES string of the molecule is CC(C=O)=Cc1csc(-c2ccc(F)cc2)n1. The molecule has 4 heteroatoms. The van der Waals surface area contributed by atoms with Crippen molar-refractivity contribution in [3.8, 4) is 10.6 Å². The van der Waals surface area contributed by atoms with Crippen molar-refractivity contribution in [2.24, 2.45) is 0 Å². The Bertz CT molecular complexity index is 557. The minimum atomic E-state index is -0.262. The van der Waals surface area contributed by atoms with Gasteiger partial charge >= 0.3 is 0 Å². The summed E-state index contributed by atoms with van der Waals surface area (Å²) in [5.74, 6) is -0.262. The zero-order chi connectivity index (χ0) is 12.3. The first-order chi connectivity index (χ1) is 8.19. The number of aldehydes is 1. The number of rotatable bonds is 3. The van der Waals surface area contributed by atoms with Crippen LogP contribution < -0.4 is 0 Å². The summed E-state index contributed by atoms with van der Waals surface area (Å²) in [5, 5.41) is 2.68. The van der Waals surface area contributed by atoms with E-state index >= 15 is 0 Å². The molecule has 0 amide bonds. The Balaban J connectivity index is 2.29. The topological polar surface area (TPSA) is 30.0 Å². The van der Waals surface area contributed by atoms with Gasteiger partial charge in [0.05, 0.1) is 5.69 Å². The third kappa shape index (κ3) is 2.85. The van der Waals surface area contributed by atoms with Crippen molar-refractivity contribution in [2.75, 3.05) is 0 Å². The molecule has 1 heterocycles. The molecule has 0 aliphatic rings. The van der Waals surface area contributed by atoms with Crippen LogP contribution in [-0.4, -0.2) is 11.3 Å². The second-order valence-corrected chi connectivity index (χ2v) is 4.45. The Hall–Kier alpha value is -1.81.